The molecular weight excluding hydrogens is 320 g/mol. The molecule has 1 aromatic heterocycles. The SMILES string of the molecule is CCOC1CC(N(C)C(=O)c2ccc(C(=O)O)c(C)n2)C1(CC)CC. The molecule has 1 aromatic rings. The van der Waals surface area contributed by atoms with E-state index >= 15 is 0 Å². The van der Waals surface area contributed by atoms with Crippen molar-refractivity contribution in [2.75, 3.05) is 13.7 Å². The minimum absolute atomic E-state index is 0.0313. The molecule has 0 aliphatic heterocycles. The molecule has 138 valence electrons. The summed E-state index contributed by atoms with van der Waals surface area (Å²) < 4.78 is 5.88. The predicted octanol–water partition coefficient (Wildman–Crippen LogP) is 3.14. The van der Waals surface area contributed by atoms with Crippen molar-refractivity contribution >= 4 is 11.9 Å². The number of ether oxygens (including phenoxy) is 1. The number of hydrogen-bond donors (Lipinski definition) is 1. The van der Waals surface area contributed by atoms with Gasteiger partial charge in [-0.2, -0.15) is 0 Å². The highest BCUT2D eigenvalue weighted by Gasteiger charge is 2.55. The first kappa shape index (κ1) is 19.4. The molecular formula is C19H28N2O4. The number of carbonyl (C=O) groups excluding carboxylic acids is 1. The van der Waals surface area contributed by atoms with E-state index in [0.29, 0.717) is 12.3 Å². The largest absolute Gasteiger partial charge is 0.478 e. The second kappa shape index (κ2) is 7.52. The lowest BCUT2D eigenvalue weighted by atomic mass is 9.58. The van der Waals surface area contributed by atoms with Crippen molar-refractivity contribution in [2.45, 2.75) is 59.1 Å². The molecule has 1 aliphatic carbocycles. The van der Waals surface area contributed by atoms with Crippen LogP contribution in [0.25, 0.3) is 0 Å². The van der Waals surface area contributed by atoms with E-state index in [0.717, 1.165) is 19.3 Å². The first-order chi connectivity index (χ1) is 11.8. The minimum atomic E-state index is -1.04. The Labute approximate surface area is 149 Å². The van der Waals surface area contributed by atoms with Crippen molar-refractivity contribution < 1.29 is 19.4 Å². The topological polar surface area (TPSA) is 79.7 Å². The fourth-order valence-electron chi connectivity index (χ4n) is 4.11. The number of nitrogens with zero attached hydrogens (tertiary/aromatic N) is 2. The van der Waals surface area contributed by atoms with Gasteiger partial charge in [0.2, 0.25) is 0 Å². The molecule has 0 bridgehead atoms. The Morgan fingerprint density at radius 1 is 1.32 bits per heavy atom. The van der Waals surface area contributed by atoms with Gasteiger partial charge in [-0.15, -0.1) is 0 Å². The summed E-state index contributed by atoms with van der Waals surface area (Å²) in [5.74, 6) is -1.21. The molecule has 0 aromatic carbocycles. The molecule has 1 heterocycles. The molecule has 1 saturated carbocycles. The first-order valence-electron chi connectivity index (χ1n) is 8.92. The van der Waals surface area contributed by atoms with Crippen LogP contribution >= 0.6 is 0 Å². The number of amides is 1. The number of pyridine rings is 1. The van der Waals surface area contributed by atoms with Crippen molar-refractivity contribution in [1.82, 2.24) is 9.88 Å². The van der Waals surface area contributed by atoms with E-state index in [1.807, 2.05) is 6.92 Å². The Morgan fingerprint density at radius 2 is 1.96 bits per heavy atom. The van der Waals surface area contributed by atoms with Crippen molar-refractivity contribution in [3.63, 3.8) is 0 Å². The van der Waals surface area contributed by atoms with Crippen LogP contribution in [0.15, 0.2) is 12.1 Å². The van der Waals surface area contributed by atoms with Gasteiger partial charge in [0.25, 0.3) is 5.91 Å². The monoisotopic (exact) mass is 348 g/mol. The highest BCUT2D eigenvalue weighted by molar-refractivity contribution is 5.94. The lowest BCUT2D eigenvalue weighted by Crippen LogP contribution is -2.64. The normalized spacial score (nSPS) is 21.5. The molecule has 2 atom stereocenters. The van der Waals surface area contributed by atoms with Gasteiger partial charge in [0, 0.05) is 25.1 Å². The van der Waals surface area contributed by atoms with Gasteiger partial charge in [0.1, 0.15) is 5.69 Å². The zero-order valence-electron chi connectivity index (χ0n) is 15.7. The molecule has 25 heavy (non-hydrogen) atoms. The average Bonchev–Trinajstić information content (AvgIpc) is 2.58. The maximum atomic E-state index is 12.9. The number of aromatic carboxylic acids is 1. The van der Waals surface area contributed by atoms with E-state index in [-0.39, 0.29) is 34.7 Å². The molecule has 2 unspecified atom stereocenters. The lowest BCUT2D eigenvalue weighted by molar-refractivity contribution is -0.159. The van der Waals surface area contributed by atoms with Gasteiger partial charge in [0.15, 0.2) is 0 Å². The number of carboxylic acid groups (broad SMARTS) is 1. The smallest absolute Gasteiger partial charge is 0.337 e. The molecule has 1 fully saturated rings. The van der Waals surface area contributed by atoms with Gasteiger partial charge in [-0.25, -0.2) is 9.78 Å². The third kappa shape index (κ3) is 3.27. The summed E-state index contributed by atoms with van der Waals surface area (Å²) in [5.41, 5.74) is 0.725. The molecule has 1 aliphatic rings. The highest BCUT2D eigenvalue weighted by Crippen LogP contribution is 2.51. The van der Waals surface area contributed by atoms with E-state index < -0.39 is 5.97 Å². The van der Waals surface area contributed by atoms with Crippen LogP contribution in [0.2, 0.25) is 0 Å². The molecule has 2 rings (SSSR count). The Bertz CT molecular complexity index is 655. The van der Waals surface area contributed by atoms with Crippen LogP contribution in [0.4, 0.5) is 0 Å². The summed E-state index contributed by atoms with van der Waals surface area (Å²) in [6.07, 6.45) is 2.89. The third-order valence-electron chi connectivity index (χ3n) is 5.75. The third-order valence-corrected chi connectivity index (χ3v) is 5.75. The van der Waals surface area contributed by atoms with Crippen LogP contribution in [0.3, 0.4) is 0 Å². The Balaban J connectivity index is 2.22. The lowest BCUT2D eigenvalue weighted by Gasteiger charge is -2.58. The molecule has 0 radical (unpaired) electrons. The predicted molar refractivity (Wildman–Crippen MR) is 94.9 cm³/mol. The molecule has 1 N–H and O–H groups in total. The van der Waals surface area contributed by atoms with Crippen molar-refractivity contribution in [3.05, 3.63) is 29.1 Å². The second-order valence-electron chi connectivity index (χ2n) is 6.69. The molecule has 6 nitrogen and oxygen atoms in total. The van der Waals surface area contributed by atoms with Gasteiger partial charge in [-0.05, 0) is 45.2 Å². The molecule has 1 amide bonds. The minimum Gasteiger partial charge on any atom is -0.478 e. The van der Waals surface area contributed by atoms with Gasteiger partial charge in [-0.1, -0.05) is 13.8 Å². The summed E-state index contributed by atoms with van der Waals surface area (Å²) in [5, 5.41) is 9.10. The number of aromatic nitrogens is 1. The average molecular weight is 348 g/mol. The highest BCUT2D eigenvalue weighted by atomic mass is 16.5. The zero-order chi connectivity index (χ0) is 18.8. The quantitative estimate of drug-likeness (QED) is 0.819. The molecule has 0 saturated heterocycles. The van der Waals surface area contributed by atoms with E-state index in [4.69, 9.17) is 9.84 Å². The fraction of sp³-hybridized carbons (Fsp3) is 0.632. The summed E-state index contributed by atoms with van der Waals surface area (Å²) in [6.45, 7) is 8.56. The fourth-order valence-corrected chi connectivity index (χ4v) is 4.11. The number of aryl methyl sites for hydroxylation is 1. The van der Waals surface area contributed by atoms with Crippen molar-refractivity contribution in [2.24, 2.45) is 5.41 Å². The zero-order valence-corrected chi connectivity index (χ0v) is 15.7. The van der Waals surface area contributed by atoms with Crippen LogP contribution in [0.1, 0.15) is 66.6 Å². The van der Waals surface area contributed by atoms with Gasteiger partial charge >= 0.3 is 5.97 Å². The van der Waals surface area contributed by atoms with E-state index in [2.05, 4.69) is 18.8 Å². The Hall–Kier alpha value is -1.95. The molecule has 0 spiro atoms. The van der Waals surface area contributed by atoms with Gasteiger partial charge in [0.05, 0.1) is 17.4 Å². The Kier molecular flexibility index (Phi) is 5.83. The van der Waals surface area contributed by atoms with Crippen LogP contribution in [0.5, 0.6) is 0 Å². The summed E-state index contributed by atoms with van der Waals surface area (Å²) in [4.78, 5) is 29.9. The summed E-state index contributed by atoms with van der Waals surface area (Å²) in [6, 6.07) is 3.04. The standard InChI is InChI=1S/C19H28N2O4/c1-6-19(7-2)15(11-16(19)25-8-3)21(5)17(22)14-10-9-13(18(23)24)12(4)20-14/h9-10,15-16H,6-8,11H2,1-5H3,(H,23,24). The number of rotatable bonds is 7. The van der Waals surface area contributed by atoms with Crippen molar-refractivity contribution in [3.8, 4) is 0 Å². The second-order valence-corrected chi connectivity index (χ2v) is 6.69. The van der Waals surface area contributed by atoms with E-state index in [9.17, 15) is 9.59 Å². The maximum absolute atomic E-state index is 12.9. The number of carbonyl (C=O) groups is 2. The van der Waals surface area contributed by atoms with Gasteiger partial charge < -0.3 is 14.7 Å². The summed E-state index contributed by atoms with van der Waals surface area (Å²) in [7, 11) is 1.80. The van der Waals surface area contributed by atoms with Crippen LogP contribution in [-0.2, 0) is 4.74 Å². The Morgan fingerprint density at radius 3 is 2.44 bits per heavy atom. The number of carboxylic acids is 1. The van der Waals surface area contributed by atoms with Crippen LogP contribution < -0.4 is 0 Å². The summed E-state index contributed by atoms with van der Waals surface area (Å²) >= 11 is 0. The van der Waals surface area contributed by atoms with Crippen LogP contribution in [-0.4, -0.2) is 52.7 Å². The molecule has 6 heteroatoms. The van der Waals surface area contributed by atoms with Gasteiger partial charge in [-0.3, -0.25) is 4.79 Å². The first-order valence-corrected chi connectivity index (χ1v) is 8.92. The van der Waals surface area contributed by atoms with E-state index in [1.165, 1.54) is 12.1 Å². The number of hydrogen-bond acceptors (Lipinski definition) is 4. The van der Waals surface area contributed by atoms with Crippen LogP contribution in [0, 0.1) is 12.3 Å². The van der Waals surface area contributed by atoms with E-state index in [1.54, 1.807) is 18.9 Å². The maximum Gasteiger partial charge on any atom is 0.337 e. The van der Waals surface area contributed by atoms with Crippen molar-refractivity contribution in [1.29, 1.82) is 0 Å².